The Morgan fingerprint density at radius 2 is 2.08 bits per heavy atom. The molecule has 0 nitrogen and oxygen atoms in total. The van der Waals surface area contributed by atoms with Crippen LogP contribution in [0.5, 0.6) is 0 Å². The van der Waals surface area contributed by atoms with Gasteiger partial charge in [0, 0.05) is 4.47 Å². The molecule has 0 spiro atoms. The first-order valence-corrected chi connectivity index (χ1v) is 5.29. The van der Waals surface area contributed by atoms with Crippen molar-refractivity contribution < 1.29 is 0 Å². The van der Waals surface area contributed by atoms with Crippen molar-refractivity contribution >= 4 is 34.6 Å². The summed E-state index contributed by atoms with van der Waals surface area (Å²) in [6.45, 7) is 0. The van der Waals surface area contributed by atoms with Crippen LogP contribution in [-0.4, -0.2) is 5.75 Å². The molecule has 0 heterocycles. The number of rotatable bonds is 3. The summed E-state index contributed by atoms with van der Waals surface area (Å²) in [5, 5.41) is 0. The van der Waals surface area contributed by atoms with Crippen LogP contribution in [0.3, 0.4) is 0 Å². The van der Waals surface area contributed by atoms with Crippen LogP contribution in [0.25, 0.3) is 6.08 Å². The van der Waals surface area contributed by atoms with Crippen LogP contribution in [0, 0.1) is 0 Å². The van der Waals surface area contributed by atoms with E-state index in [1.165, 1.54) is 5.56 Å². The van der Waals surface area contributed by atoms with Gasteiger partial charge < -0.3 is 0 Å². The lowest BCUT2D eigenvalue weighted by Gasteiger charge is -1.95. The summed E-state index contributed by atoms with van der Waals surface area (Å²) in [5.41, 5.74) is 1.22. The predicted octanol–water partition coefficient (Wildman–Crippen LogP) is 3.78. The van der Waals surface area contributed by atoms with Crippen molar-refractivity contribution in [3.8, 4) is 0 Å². The summed E-state index contributed by atoms with van der Waals surface area (Å²) in [7, 11) is 0. The standard InChI is InChI=1S/C10H11BrS/c11-10-7-2-1-5-9(10)6-3-4-8-12/h1-3,5-7,12H,4,8H2. The fraction of sp³-hybridized carbons (Fsp3) is 0.200. The lowest BCUT2D eigenvalue weighted by atomic mass is 10.2. The summed E-state index contributed by atoms with van der Waals surface area (Å²) < 4.78 is 1.14. The van der Waals surface area contributed by atoms with Crippen molar-refractivity contribution in [1.29, 1.82) is 0 Å². The number of allylic oxidation sites excluding steroid dienone is 1. The molecule has 0 atom stereocenters. The van der Waals surface area contributed by atoms with Gasteiger partial charge in [-0.1, -0.05) is 46.3 Å². The topological polar surface area (TPSA) is 0 Å². The van der Waals surface area contributed by atoms with Gasteiger partial charge in [-0.05, 0) is 23.8 Å². The minimum absolute atomic E-state index is 0.904. The van der Waals surface area contributed by atoms with Crippen molar-refractivity contribution in [3.05, 3.63) is 40.4 Å². The zero-order valence-corrected chi connectivity index (χ0v) is 9.18. The van der Waals surface area contributed by atoms with E-state index in [1.807, 2.05) is 18.2 Å². The maximum Gasteiger partial charge on any atom is 0.0247 e. The van der Waals surface area contributed by atoms with Gasteiger partial charge >= 0.3 is 0 Å². The third-order valence-corrected chi connectivity index (χ3v) is 2.48. The third-order valence-electron chi connectivity index (χ3n) is 1.50. The van der Waals surface area contributed by atoms with Gasteiger partial charge in [0.1, 0.15) is 0 Å². The van der Waals surface area contributed by atoms with E-state index >= 15 is 0 Å². The van der Waals surface area contributed by atoms with E-state index in [1.54, 1.807) is 0 Å². The number of hydrogen-bond donors (Lipinski definition) is 1. The first-order chi connectivity index (χ1) is 5.84. The van der Waals surface area contributed by atoms with Crippen LogP contribution in [0.1, 0.15) is 12.0 Å². The van der Waals surface area contributed by atoms with Crippen LogP contribution >= 0.6 is 28.6 Å². The van der Waals surface area contributed by atoms with Crippen molar-refractivity contribution in [2.24, 2.45) is 0 Å². The Morgan fingerprint density at radius 3 is 2.75 bits per heavy atom. The molecule has 1 aromatic rings. The van der Waals surface area contributed by atoms with E-state index in [0.717, 1.165) is 16.6 Å². The van der Waals surface area contributed by atoms with Gasteiger partial charge in [0.05, 0.1) is 0 Å². The lowest BCUT2D eigenvalue weighted by Crippen LogP contribution is -1.73. The minimum Gasteiger partial charge on any atom is -0.179 e. The molecule has 0 bridgehead atoms. The Hall–Kier alpha value is -0.210. The van der Waals surface area contributed by atoms with E-state index in [4.69, 9.17) is 0 Å². The normalized spacial score (nSPS) is 10.8. The van der Waals surface area contributed by atoms with Gasteiger partial charge in [0.15, 0.2) is 0 Å². The quantitative estimate of drug-likeness (QED) is 0.767. The van der Waals surface area contributed by atoms with Crippen LogP contribution in [-0.2, 0) is 0 Å². The second-order valence-corrected chi connectivity index (χ2v) is 3.74. The molecule has 0 unspecified atom stereocenters. The van der Waals surface area contributed by atoms with E-state index in [2.05, 4.69) is 46.8 Å². The molecule has 0 fully saturated rings. The molecule has 1 aromatic carbocycles. The molecular weight excluding hydrogens is 232 g/mol. The van der Waals surface area contributed by atoms with Crippen molar-refractivity contribution in [2.45, 2.75) is 6.42 Å². The first kappa shape index (κ1) is 9.87. The molecule has 0 aliphatic carbocycles. The summed E-state index contributed by atoms with van der Waals surface area (Å²) in [4.78, 5) is 0. The highest BCUT2D eigenvalue weighted by molar-refractivity contribution is 9.10. The number of halogens is 1. The zero-order chi connectivity index (χ0) is 8.81. The van der Waals surface area contributed by atoms with Gasteiger partial charge in [0.2, 0.25) is 0 Å². The molecule has 0 amide bonds. The number of benzene rings is 1. The highest BCUT2D eigenvalue weighted by atomic mass is 79.9. The molecule has 0 aliphatic rings. The minimum atomic E-state index is 0.904. The first-order valence-electron chi connectivity index (χ1n) is 3.86. The summed E-state index contributed by atoms with van der Waals surface area (Å²) in [5.74, 6) is 0.904. The van der Waals surface area contributed by atoms with Gasteiger partial charge in [-0.3, -0.25) is 0 Å². The molecule has 0 aromatic heterocycles. The van der Waals surface area contributed by atoms with E-state index in [0.29, 0.717) is 0 Å². The SMILES string of the molecule is SCCC=Cc1ccccc1Br. The fourth-order valence-corrected chi connectivity index (χ4v) is 1.46. The summed E-state index contributed by atoms with van der Waals surface area (Å²) in [6.07, 6.45) is 5.26. The van der Waals surface area contributed by atoms with Gasteiger partial charge in [-0.25, -0.2) is 0 Å². The molecule has 0 radical (unpaired) electrons. The molecule has 0 aliphatic heterocycles. The number of hydrogen-bond acceptors (Lipinski definition) is 1. The van der Waals surface area contributed by atoms with Gasteiger partial charge in [0.25, 0.3) is 0 Å². The molecule has 2 heteroatoms. The largest absolute Gasteiger partial charge is 0.179 e. The zero-order valence-electron chi connectivity index (χ0n) is 6.70. The van der Waals surface area contributed by atoms with Gasteiger partial charge in [-0.2, -0.15) is 12.6 Å². The molecule has 64 valence electrons. The summed E-state index contributed by atoms with van der Waals surface area (Å²) in [6, 6.07) is 8.17. The monoisotopic (exact) mass is 242 g/mol. The second-order valence-electron chi connectivity index (χ2n) is 2.44. The second kappa shape index (κ2) is 5.44. The average molecular weight is 243 g/mol. The molecule has 0 saturated heterocycles. The lowest BCUT2D eigenvalue weighted by molar-refractivity contribution is 1.26. The molecule has 1 rings (SSSR count). The van der Waals surface area contributed by atoms with Crippen molar-refractivity contribution in [3.63, 3.8) is 0 Å². The van der Waals surface area contributed by atoms with E-state index < -0.39 is 0 Å². The average Bonchev–Trinajstić information content (AvgIpc) is 2.09. The maximum absolute atomic E-state index is 4.13. The molecule has 0 N–H and O–H groups in total. The predicted molar refractivity (Wildman–Crippen MR) is 61.6 cm³/mol. The Bertz CT molecular complexity index is 268. The Balaban J connectivity index is 2.68. The van der Waals surface area contributed by atoms with E-state index in [9.17, 15) is 0 Å². The van der Waals surface area contributed by atoms with Crippen LogP contribution in [0.15, 0.2) is 34.8 Å². The Labute approximate surface area is 87.2 Å². The van der Waals surface area contributed by atoms with Gasteiger partial charge in [-0.15, -0.1) is 0 Å². The molecule has 0 saturated carbocycles. The smallest absolute Gasteiger partial charge is 0.0247 e. The third kappa shape index (κ3) is 3.03. The van der Waals surface area contributed by atoms with Crippen molar-refractivity contribution in [2.75, 3.05) is 5.75 Å². The van der Waals surface area contributed by atoms with Crippen LogP contribution < -0.4 is 0 Å². The summed E-state index contributed by atoms with van der Waals surface area (Å²) >= 11 is 7.61. The van der Waals surface area contributed by atoms with Crippen molar-refractivity contribution in [1.82, 2.24) is 0 Å². The highest BCUT2D eigenvalue weighted by Crippen LogP contribution is 2.17. The molecule has 12 heavy (non-hydrogen) atoms. The Morgan fingerprint density at radius 1 is 1.33 bits per heavy atom. The Kier molecular flexibility index (Phi) is 4.48. The highest BCUT2D eigenvalue weighted by Gasteiger charge is 1.90. The van der Waals surface area contributed by atoms with E-state index in [-0.39, 0.29) is 0 Å². The maximum atomic E-state index is 4.13. The van der Waals surface area contributed by atoms with Crippen LogP contribution in [0.4, 0.5) is 0 Å². The fourth-order valence-electron chi connectivity index (χ4n) is 0.895. The number of thiol groups is 1. The van der Waals surface area contributed by atoms with Crippen LogP contribution in [0.2, 0.25) is 0 Å². The molecular formula is C10H11BrS.